The van der Waals surface area contributed by atoms with Gasteiger partial charge in [-0.05, 0) is 97.0 Å². The maximum Gasteiger partial charge on any atom is 0.121 e. The number of allylic oxidation sites excluding steroid dienone is 12. The van der Waals surface area contributed by atoms with Gasteiger partial charge in [0.05, 0.1) is 52.7 Å². The van der Waals surface area contributed by atoms with E-state index in [0.29, 0.717) is 0 Å². The lowest BCUT2D eigenvalue weighted by molar-refractivity contribution is 0.411. The summed E-state index contributed by atoms with van der Waals surface area (Å²) in [6.07, 6.45) is 22.1. The van der Waals surface area contributed by atoms with Gasteiger partial charge in [0, 0.05) is 5.57 Å². The number of hydrogen-bond donors (Lipinski definition) is 0. The molecule has 0 aromatic heterocycles. The Morgan fingerprint density at radius 2 is 1.18 bits per heavy atom. The van der Waals surface area contributed by atoms with Crippen LogP contribution in [0, 0.1) is 6.92 Å². The Kier molecular flexibility index (Phi) is 4.47. The van der Waals surface area contributed by atoms with E-state index in [2.05, 4.69) is 23.2 Å². The Hall–Kier alpha value is -4.38. The van der Waals surface area contributed by atoms with Crippen molar-refractivity contribution in [3.8, 4) is 5.75 Å². The predicted molar refractivity (Wildman–Crippen MR) is 135 cm³/mol. The highest BCUT2D eigenvalue weighted by atomic mass is 16.5. The molecule has 0 aliphatic carbocycles. The van der Waals surface area contributed by atoms with Gasteiger partial charge in [0.15, 0.2) is 0 Å². The van der Waals surface area contributed by atoms with E-state index in [-0.39, 0.29) is 0 Å². The summed E-state index contributed by atoms with van der Waals surface area (Å²) in [5.74, 6) is 0.868. The number of benzene rings is 1. The van der Waals surface area contributed by atoms with Gasteiger partial charge in [-0.1, -0.05) is 6.07 Å². The van der Waals surface area contributed by atoms with Crippen LogP contribution in [0.2, 0.25) is 0 Å². The van der Waals surface area contributed by atoms with Crippen molar-refractivity contribution in [1.82, 2.24) is 0 Å². The highest BCUT2D eigenvalue weighted by Crippen LogP contribution is 2.31. The molecular weight excluding hydrogens is 408 g/mol. The summed E-state index contributed by atoms with van der Waals surface area (Å²) in [5.41, 5.74) is 10.1. The Morgan fingerprint density at radius 3 is 1.76 bits per heavy atom. The monoisotopic (exact) mass is 428 g/mol. The van der Waals surface area contributed by atoms with Crippen LogP contribution in [0.3, 0.4) is 0 Å². The largest absolute Gasteiger partial charge is 0.496 e. The fraction of sp³-hybridized carbons (Fsp3) is 0.0714. The highest BCUT2D eigenvalue weighted by molar-refractivity contribution is 6.32. The lowest BCUT2D eigenvalue weighted by Gasteiger charge is -2.09. The first kappa shape index (κ1) is 19.3. The second-order valence-corrected chi connectivity index (χ2v) is 8.13. The van der Waals surface area contributed by atoms with Crippen molar-refractivity contribution < 1.29 is 4.74 Å². The van der Waals surface area contributed by atoms with E-state index >= 15 is 0 Å². The van der Waals surface area contributed by atoms with Gasteiger partial charge in [0.1, 0.15) is 5.75 Å². The molecule has 0 saturated heterocycles. The van der Waals surface area contributed by atoms with Crippen LogP contribution in [0.15, 0.2) is 128 Å². The van der Waals surface area contributed by atoms with E-state index in [1.807, 2.05) is 73.8 Å². The average molecular weight is 428 g/mol. The Bertz CT molecular complexity index is 1480. The summed E-state index contributed by atoms with van der Waals surface area (Å²) >= 11 is 0. The van der Waals surface area contributed by atoms with Crippen LogP contribution >= 0.6 is 0 Å². The van der Waals surface area contributed by atoms with Crippen LogP contribution in [0.4, 0.5) is 0 Å². The molecule has 6 rings (SSSR count). The van der Waals surface area contributed by atoms with E-state index in [4.69, 9.17) is 19.7 Å². The number of ether oxygens (including phenoxy) is 1. The van der Waals surface area contributed by atoms with Gasteiger partial charge >= 0.3 is 0 Å². The molecule has 0 saturated carbocycles. The summed E-state index contributed by atoms with van der Waals surface area (Å²) in [5, 5.41) is 0. The third-order valence-corrected chi connectivity index (χ3v) is 5.74. The minimum absolute atomic E-state index is 0.855. The number of hydrogen-bond acceptors (Lipinski definition) is 5. The van der Waals surface area contributed by atoms with Crippen molar-refractivity contribution in [2.45, 2.75) is 6.92 Å². The first-order valence-corrected chi connectivity index (χ1v) is 10.8. The predicted octanol–water partition coefficient (Wildman–Crippen LogP) is 5.42. The van der Waals surface area contributed by atoms with Crippen molar-refractivity contribution in [1.29, 1.82) is 0 Å². The van der Waals surface area contributed by atoms with Crippen LogP contribution in [0.25, 0.3) is 5.57 Å². The van der Waals surface area contributed by atoms with Crippen molar-refractivity contribution in [2.75, 3.05) is 7.11 Å². The Morgan fingerprint density at radius 1 is 0.606 bits per heavy atom. The zero-order valence-corrected chi connectivity index (χ0v) is 18.3. The molecule has 8 bridgehead atoms. The van der Waals surface area contributed by atoms with Crippen LogP contribution < -0.4 is 4.74 Å². The molecule has 158 valence electrons. The molecule has 1 aromatic carbocycles. The molecular formula is C28H20N4O. The van der Waals surface area contributed by atoms with E-state index in [9.17, 15) is 0 Å². The third kappa shape index (κ3) is 3.74. The molecule has 33 heavy (non-hydrogen) atoms. The zero-order chi connectivity index (χ0) is 22.4. The number of fused-ring (bicyclic) bond motifs is 4. The highest BCUT2D eigenvalue weighted by Gasteiger charge is 2.19. The number of aliphatic imine (C=N–C) groups is 4. The summed E-state index contributed by atoms with van der Waals surface area (Å²) in [4.78, 5) is 19.0. The second-order valence-electron chi connectivity index (χ2n) is 8.13. The van der Waals surface area contributed by atoms with Crippen molar-refractivity contribution >= 4 is 28.4 Å². The van der Waals surface area contributed by atoms with Gasteiger partial charge in [-0.2, -0.15) is 0 Å². The van der Waals surface area contributed by atoms with Crippen molar-refractivity contribution in [3.05, 3.63) is 119 Å². The Labute approximate surface area is 192 Å². The fourth-order valence-electron chi connectivity index (χ4n) is 4.17. The van der Waals surface area contributed by atoms with Crippen LogP contribution in [-0.4, -0.2) is 30.0 Å². The molecule has 0 radical (unpaired) electrons. The van der Waals surface area contributed by atoms with Gasteiger partial charge in [-0.3, -0.25) is 0 Å². The van der Waals surface area contributed by atoms with Gasteiger partial charge in [0.2, 0.25) is 0 Å². The summed E-state index contributed by atoms with van der Waals surface area (Å²) in [7, 11) is 1.69. The standard InChI is InChI=1S/C28H20N4O/c1-17-11-18(3-10-28(17)33-2)26-15-25-14-23-7-6-21(30-23)12-19-4-5-20(29-19)13-22-8-9-24(31-22)16-27(26)32-25/h3-16H,1-2H3. The second kappa shape index (κ2) is 7.64. The zero-order valence-electron chi connectivity index (χ0n) is 18.3. The molecule has 0 spiro atoms. The first-order valence-electron chi connectivity index (χ1n) is 10.8. The lowest BCUT2D eigenvalue weighted by Crippen LogP contribution is -1.97. The molecule has 1 aromatic rings. The molecule has 0 unspecified atom stereocenters. The quantitative estimate of drug-likeness (QED) is 0.620. The SMILES string of the molecule is COc1ccc(C2=CC3=CC4=NC(=CC5=NC(=CC6=NC(=CC2=N3)C=C6)C=C5)C=C4)cc1C. The minimum atomic E-state index is 0.855. The number of aryl methyl sites for hydroxylation is 1. The van der Waals surface area contributed by atoms with E-state index in [0.717, 1.165) is 68.1 Å². The van der Waals surface area contributed by atoms with Gasteiger partial charge in [-0.15, -0.1) is 0 Å². The first-order chi connectivity index (χ1) is 16.1. The maximum atomic E-state index is 5.44. The van der Waals surface area contributed by atoms with Crippen LogP contribution in [-0.2, 0) is 0 Å². The van der Waals surface area contributed by atoms with E-state index < -0.39 is 0 Å². The molecule has 5 nitrogen and oxygen atoms in total. The van der Waals surface area contributed by atoms with Crippen molar-refractivity contribution in [3.63, 3.8) is 0 Å². The maximum absolute atomic E-state index is 5.44. The normalized spacial score (nSPS) is 19.9. The molecule has 5 aliphatic heterocycles. The molecule has 0 atom stereocenters. The van der Waals surface area contributed by atoms with E-state index in [1.54, 1.807) is 7.11 Å². The summed E-state index contributed by atoms with van der Waals surface area (Å²) < 4.78 is 5.44. The smallest absolute Gasteiger partial charge is 0.121 e. The van der Waals surface area contributed by atoms with Crippen LogP contribution in [0.1, 0.15) is 11.1 Å². The van der Waals surface area contributed by atoms with Gasteiger partial charge in [0.25, 0.3) is 0 Å². The lowest BCUT2D eigenvalue weighted by atomic mass is 9.99. The van der Waals surface area contributed by atoms with Crippen molar-refractivity contribution in [2.24, 2.45) is 20.0 Å². The Balaban J connectivity index is 1.49. The molecule has 5 aliphatic rings. The third-order valence-electron chi connectivity index (χ3n) is 5.74. The molecule has 0 N–H and O–H groups in total. The number of nitrogens with zero attached hydrogens (tertiary/aromatic N) is 4. The van der Waals surface area contributed by atoms with Gasteiger partial charge < -0.3 is 4.74 Å². The molecule has 0 amide bonds. The number of methoxy groups -OCH3 is 1. The summed E-state index contributed by atoms with van der Waals surface area (Å²) in [6, 6.07) is 6.19. The fourth-order valence-corrected chi connectivity index (χ4v) is 4.17. The average Bonchev–Trinajstić information content (AvgIpc) is 3.59. The number of rotatable bonds is 2. The molecule has 0 fully saturated rings. The topological polar surface area (TPSA) is 58.7 Å². The summed E-state index contributed by atoms with van der Waals surface area (Å²) in [6.45, 7) is 2.05. The minimum Gasteiger partial charge on any atom is -0.496 e. The molecule has 5 heteroatoms. The van der Waals surface area contributed by atoms with Gasteiger partial charge in [-0.25, -0.2) is 20.0 Å². The molecule has 5 heterocycles. The van der Waals surface area contributed by atoms with E-state index in [1.165, 1.54) is 0 Å². The van der Waals surface area contributed by atoms with Crippen LogP contribution in [0.5, 0.6) is 5.75 Å².